The number of likely N-dealkylation sites (tertiary alicyclic amines) is 1. The van der Waals surface area contributed by atoms with Crippen LogP contribution in [-0.2, 0) is 19.2 Å². The Kier molecular flexibility index (Phi) is 12.7. The number of rotatable bonds is 14. The SMILES string of the molecule is CSCCC(NC(=O)C(NC(=O)C1CCCN1C(=O)C(N)CCCN=C(N)N)C(C)C)C(=O)O. The Bertz CT molecular complexity index is 745. The molecule has 1 aliphatic rings. The first-order valence-electron chi connectivity index (χ1n) is 11.4. The molecule has 0 aliphatic carbocycles. The second kappa shape index (κ2) is 14.7. The van der Waals surface area contributed by atoms with Gasteiger partial charge >= 0.3 is 5.97 Å². The zero-order chi connectivity index (χ0) is 25.8. The Morgan fingerprint density at radius 3 is 2.41 bits per heavy atom. The summed E-state index contributed by atoms with van der Waals surface area (Å²) in [7, 11) is 0. The number of aliphatic imine (C=N–C) groups is 1. The van der Waals surface area contributed by atoms with Gasteiger partial charge in [0.05, 0.1) is 6.04 Å². The predicted molar refractivity (Wildman–Crippen MR) is 132 cm³/mol. The van der Waals surface area contributed by atoms with E-state index in [0.29, 0.717) is 44.5 Å². The van der Waals surface area contributed by atoms with Gasteiger partial charge in [-0.3, -0.25) is 19.4 Å². The third kappa shape index (κ3) is 9.37. The molecular weight excluding hydrogens is 462 g/mol. The summed E-state index contributed by atoms with van der Waals surface area (Å²) in [4.78, 5) is 55.5. The lowest BCUT2D eigenvalue weighted by atomic mass is 10.0. The van der Waals surface area contributed by atoms with Crippen molar-refractivity contribution in [1.82, 2.24) is 15.5 Å². The number of nitrogens with two attached hydrogens (primary N) is 3. The minimum Gasteiger partial charge on any atom is -0.480 e. The van der Waals surface area contributed by atoms with Gasteiger partial charge in [0.1, 0.15) is 18.1 Å². The number of amides is 3. The van der Waals surface area contributed by atoms with Crippen molar-refractivity contribution in [2.24, 2.45) is 28.1 Å². The van der Waals surface area contributed by atoms with Crippen LogP contribution in [0, 0.1) is 5.92 Å². The van der Waals surface area contributed by atoms with Gasteiger partial charge in [-0.1, -0.05) is 13.8 Å². The Hall–Kier alpha value is -2.54. The first-order valence-corrected chi connectivity index (χ1v) is 12.8. The van der Waals surface area contributed by atoms with Crippen molar-refractivity contribution in [3.63, 3.8) is 0 Å². The fourth-order valence-electron chi connectivity index (χ4n) is 3.70. The van der Waals surface area contributed by atoms with Gasteiger partial charge in [-0.2, -0.15) is 11.8 Å². The number of thioether (sulfide) groups is 1. The molecule has 0 radical (unpaired) electrons. The molecule has 194 valence electrons. The monoisotopic (exact) mass is 501 g/mol. The van der Waals surface area contributed by atoms with Gasteiger partial charge in [-0.15, -0.1) is 0 Å². The van der Waals surface area contributed by atoms with Crippen molar-refractivity contribution in [3.05, 3.63) is 0 Å². The van der Waals surface area contributed by atoms with Crippen molar-refractivity contribution in [2.45, 2.75) is 70.1 Å². The van der Waals surface area contributed by atoms with Crippen LogP contribution in [-0.4, -0.2) is 88.9 Å². The van der Waals surface area contributed by atoms with Crippen LogP contribution in [0.5, 0.6) is 0 Å². The fourth-order valence-corrected chi connectivity index (χ4v) is 4.17. The normalized spacial score (nSPS) is 18.1. The topological polar surface area (TPSA) is 206 Å². The summed E-state index contributed by atoms with van der Waals surface area (Å²) >= 11 is 1.48. The van der Waals surface area contributed by atoms with E-state index in [0.717, 1.165) is 0 Å². The van der Waals surface area contributed by atoms with Gasteiger partial charge in [-0.05, 0) is 50.0 Å². The molecule has 0 spiro atoms. The summed E-state index contributed by atoms with van der Waals surface area (Å²) < 4.78 is 0. The quantitative estimate of drug-likeness (QED) is 0.0960. The van der Waals surface area contributed by atoms with Gasteiger partial charge in [0.2, 0.25) is 17.7 Å². The summed E-state index contributed by atoms with van der Waals surface area (Å²) in [5.41, 5.74) is 16.6. The highest BCUT2D eigenvalue weighted by atomic mass is 32.2. The molecule has 0 aromatic rings. The third-order valence-electron chi connectivity index (χ3n) is 5.60. The maximum Gasteiger partial charge on any atom is 0.326 e. The number of hydrogen-bond donors (Lipinski definition) is 6. The van der Waals surface area contributed by atoms with Crippen molar-refractivity contribution >= 4 is 41.4 Å². The molecule has 0 bridgehead atoms. The average molecular weight is 502 g/mol. The van der Waals surface area contributed by atoms with Crippen LogP contribution in [0.1, 0.15) is 46.0 Å². The van der Waals surface area contributed by atoms with Crippen molar-refractivity contribution in [3.8, 4) is 0 Å². The number of aliphatic carboxylic acids is 1. The molecule has 12 nitrogen and oxygen atoms in total. The van der Waals surface area contributed by atoms with E-state index in [1.165, 1.54) is 16.7 Å². The first-order chi connectivity index (χ1) is 16.0. The first kappa shape index (κ1) is 29.5. The molecule has 4 unspecified atom stereocenters. The van der Waals surface area contributed by atoms with E-state index in [-0.39, 0.29) is 24.2 Å². The highest BCUT2D eigenvalue weighted by molar-refractivity contribution is 7.98. The average Bonchev–Trinajstić information content (AvgIpc) is 3.26. The van der Waals surface area contributed by atoms with Gasteiger partial charge < -0.3 is 37.8 Å². The number of carbonyl (C=O) groups is 4. The molecule has 9 N–H and O–H groups in total. The largest absolute Gasteiger partial charge is 0.480 e. The smallest absolute Gasteiger partial charge is 0.326 e. The summed E-state index contributed by atoms with van der Waals surface area (Å²) in [5.74, 6) is -2.23. The number of guanidine groups is 1. The van der Waals surface area contributed by atoms with E-state index in [4.69, 9.17) is 17.2 Å². The molecule has 1 aliphatic heterocycles. The molecule has 0 aromatic carbocycles. The van der Waals surface area contributed by atoms with Gasteiger partial charge in [0.15, 0.2) is 5.96 Å². The van der Waals surface area contributed by atoms with Crippen LogP contribution < -0.4 is 27.8 Å². The molecule has 34 heavy (non-hydrogen) atoms. The molecule has 4 atom stereocenters. The van der Waals surface area contributed by atoms with Crippen LogP contribution >= 0.6 is 11.8 Å². The molecule has 0 aromatic heterocycles. The zero-order valence-corrected chi connectivity index (χ0v) is 21.0. The van der Waals surface area contributed by atoms with Crippen LogP contribution in [0.3, 0.4) is 0 Å². The predicted octanol–water partition coefficient (Wildman–Crippen LogP) is -1.18. The fraction of sp³-hybridized carbons (Fsp3) is 0.762. The molecule has 0 saturated carbocycles. The van der Waals surface area contributed by atoms with Crippen LogP contribution in [0.25, 0.3) is 0 Å². The number of carboxylic acid groups (broad SMARTS) is 1. The molecule has 13 heteroatoms. The van der Waals surface area contributed by atoms with E-state index in [9.17, 15) is 24.3 Å². The second-order valence-corrected chi connectivity index (χ2v) is 9.64. The second-order valence-electron chi connectivity index (χ2n) is 8.66. The van der Waals surface area contributed by atoms with Crippen molar-refractivity contribution < 1.29 is 24.3 Å². The van der Waals surface area contributed by atoms with Gasteiger partial charge in [0.25, 0.3) is 0 Å². The number of hydrogen-bond acceptors (Lipinski definition) is 7. The molecule has 1 fully saturated rings. The Labute approximate surface area is 204 Å². The summed E-state index contributed by atoms with van der Waals surface area (Å²) in [6.07, 6.45) is 4.10. The van der Waals surface area contributed by atoms with Crippen LogP contribution in [0.15, 0.2) is 4.99 Å². The van der Waals surface area contributed by atoms with Crippen molar-refractivity contribution in [1.29, 1.82) is 0 Å². The van der Waals surface area contributed by atoms with Crippen molar-refractivity contribution in [2.75, 3.05) is 25.1 Å². The zero-order valence-electron chi connectivity index (χ0n) is 20.2. The highest BCUT2D eigenvalue weighted by Crippen LogP contribution is 2.20. The Morgan fingerprint density at radius 1 is 1.18 bits per heavy atom. The number of carboxylic acids is 1. The molecule has 1 heterocycles. The maximum atomic E-state index is 13.0. The highest BCUT2D eigenvalue weighted by Gasteiger charge is 2.38. The van der Waals surface area contributed by atoms with Crippen LogP contribution in [0.4, 0.5) is 0 Å². The Balaban J connectivity index is 2.78. The molecule has 3 amide bonds. The lowest BCUT2D eigenvalue weighted by Gasteiger charge is -2.29. The van der Waals surface area contributed by atoms with Gasteiger partial charge in [-0.25, -0.2) is 4.79 Å². The summed E-state index contributed by atoms with van der Waals surface area (Å²) in [6, 6.07) is -3.51. The number of carbonyl (C=O) groups excluding carboxylic acids is 3. The number of nitrogens with one attached hydrogen (secondary N) is 2. The minimum atomic E-state index is -1.13. The molecular formula is C21H39N7O5S. The minimum absolute atomic E-state index is 0.0288. The van der Waals surface area contributed by atoms with Gasteiger partial charge in [0, 0.05) is 13.1 Å². The standard InChI is InChI=1S/C21H39N7O5S/c1-12(2)16(18(30)26-14(20(32)33)8-11-34-3)27-17(29)15-7-5-10-28(15)19(31)13(22)6-4-9-25-21(23)24/h12-16H,4-11,22H2,1-3H3,(H,26,30)(H,27,29)(H,32,33)(H4,23,24,25). The Morgan fingerprint density at radius 2 is 1.85 bits per heavy atom. The number of nitrogens with zero attached hydrogens (tertiary/aromatic N) is 2. The molecule has 1 rings (SSSR count). The third-order valence-corrected chi connectivity index (χ3v) is 6.24. The van der Waals surface area contributed by atoms with E-state index in [2.05, 4.69) is 15.6 Å². The lowest BCUT2D eigenvalue weighted by Crippen LogP contribution is -2.58. The molecule has 1 saturated heterocycles. The lowest BCUT2D eigenvalue weighted by molar-refractivity contribution is -0.143. The van der Waals surface area contributed by atoms with E-state index in [1.807, 2.05) is 6.26 Å². The summed E-state index contributed by atoms with van der Waals surface area (Å²) in [6.45, 7) is 4.26. The maximum absolute atomic E-state index is 13.0. The van der Waals surface area contributed by atoms with E-state index < -0.39 is 42.0 Å². The van der Waals surface area contributed by atoms with E-state index >= 15 is 0 Å². The van der Waals surface area contributed by atoms with E-state index in [1.54, 1.807) is 13.8 Å². The summed E-state index contributed by atoms with van der Waals surface area (Å²) in [5, 5.41) is 14.6. The van der Waals surface area contributed by atoms with Crippen LogP contribution in [0.2, 0.25) is 0 Å².